The second kappa shape index (κ2) is 5.50. The van der Waals surface area contributed by atoms with Crippen molar-refractivity contribution in [2.45, 2.75) is 12.5 Å². The van der Waals surface area contributed by atoms with Gasteiger partial charge in [0.05, 0.1) is 13.0 Å². The minimum absolute atomic E-state index is 0.189. The lowest BCUT2D eigenvalue weighted by Crippen LogP contribution is -2.24. The Bertz CT molecular complexity index is 165. The third kappa shape index (κ3) is 4.64. The quantitative estimate of drug-likeness (QED) is 0.436. The Morgan fingerprint density at radius 3 is 2.42 bits per heavy atom. The van der Waals surface area contributed by atoms with E-state index in [1.807, 2.05) is 0 Å². The van der Waals surface area contributed by atoms with Crippen LogP contribution in [-0.4, -0.2) is 46.6 Å². The van der Waals surface area contributed by atoms with Crippen LogP contribution in [0.4, 0.5) is 0 Å². The van der Waals surface area contributed by atoms with E-state index in [1.54, 1.807) is 0 Å². The van der Waals surface area contributed by atoms with Crippen LogP contribution in [0, 0.1) is 0 Å². The van der Waals surface area contributed by atoms with Gasteiger partial charge in [0.25, 0.3) is 0 Å². The first-order chi connectivity index (χ1) is 5.57. The molecule has 0 rings (SSSR count). The first-order valence-electron chi connectivity index (χ1n) is 3.25. The van der Waals surface area contributed by atoms with E-state index in [0.717, 1.165) is 0 Å². The first kappa shape index (κ1) is 10.9. The Labute approximate surface area is 68.4 Å². The van der Waals surface area contributed by atoms with Crippen molar-refractivity contribution in [3.05, 3.63) is 0 Å². The van der Waals surface area contributed by atoms with Gasteiger partial charge in [-0.15, -0.1) is 0 Å². The van der Waals surface area contributed by atoms with Gasteiger partial charge in [-0.2, -0.15) is 0 Å². The molecule has 6 heteroatoms. The number of aliphatic hydroxyl groups excluding tert-OH is 2. The molecule has 0 amide bonds. The Balaban J connectivity index is 3.61. The van der Waals surface area contributed by atoms with Crippen molar-refractivity contribution in [2.75, 3.05) is 13.2 Å². The van der Waals surface area contributed by atoms with Gasteiger partial charge in [0.1, 0.15) is 6.61 Å². The van der Waals surface area contributed by atoms with Crippen molar-refractivity contribution in [3.8, 4) is 0 Å². The highest BCUT2D eigenvalue weighted by Crippen LogP contribution is 1.94. The van der Waals surface area contributed by atoms with E-state index in [0.29, 0.717) is 0 Å². The van der Waals surface area contributed by atoms with Crippen LogP contribution in [0.15, 0.2) is 0 Å². The molecule has 0 fully saturated rings. The molecule has 12 heavy (non-hydrogen) atoms. The van der Waals surface area contributed by atoms with E-state index in [-0.39, 0.29) is 13.2 Å². The second-order valence-corrected chi connectivity index (χ2v) is 2.00. The predicted octanol–water partition coefficient (Wildman–Crippen LogP) is -1.64. The molecule has 0 radical (unpaired) electrons. The van der Waals surface area contributed by atoms with Crippen molar-refractivity contribution in [2.24, 2.45) is 0 Å². The molecule has 0 aliphatic heterocycles. The Kier molecular flexibility index (Phi) is 4.98. The normalized spacial score (nSPS) is 12.2. The number of aliphatic hydroxyl groups is 2. The molecule has 0 aromatic carbocycles. The molecule has 0 aliphatic rings. The molecule has 0 saturated heterocycles. The molecule has 0 aliphatic carbocycles. The van der Waals surface area contributed by atoms with Gasteiger partial charge in [0.2, 0.25) is 0 Å². The molecule has 3 N–H and O–H groups in total. The molecule has 1 unspecified atom stereocenters. The van der Waals surface area contributed by atoms with E-state index in [2.05, 4.69) is 4.74 Å². The molecule has 0 aromatic heterocycles. The van der Waals surface area contributed by atoms with Crippen molar-refractivity contribution >= 4 is 11.9 Å². The monoisotopic (exact) mass is 178 g/mol. The average Bonchev–Trinajstić information content (AvgIpc) is 2.00. The summed E-state index contributed by atoms with van der Waals surface area (Å²) < 4.78 is 4.30. The zero-order valence-electron chi connectivity index (χ0n) is 6.27. The summed E-state index contributed by atoms with van der Waals surface area (Å²) in [5.74, 6) is -2.32. The highest BCUT2D eigenvalue weighted by atomic mass is 16.5. The molecule has 0 saturated carbocycles. The minimum Gasteiger partial charge on any atom is -0.479 e. The molecule has 0 aromatic rings. The predicted molar refractivity (Wildman–Crippen MR) is 36.3 cm³/mol. The summed E-state index contributed by atoms with van der Waals surface area (Å²) in [4.78, 5) is 20.6. The standard InChI is InChI=1S/C6H10O6/c7-1-2-12-5(9)3-4(8)6(10)11/h4,7-8H,1-3H2,(H,10,11). The number of hydrogen-bond acceptors (Lipinski definition) is 5. The van der Waals surface area contributed by atoms with E-state index >= 15 is 0 Å². The van der Waals surface area contributed by atoms with Gasteiger partial charge in [0.15, 0.2) is 6.10 Å². The van der Waals surface area contributed by atoms with Crippen molar-refractivity contribution < 1.29 is 29.6 Å². The largest absolute Gasteiger partial charge is 0.479 e. The van der Waals surface area contributed by atoms with Gasteiger partial charge >= 0.3 is 11.9 Å². The van der Waals surface area contributed by atoms with Gasteiger partial charge in [-0.25, -0.2) is 4.79 Å². The summed E-state index contributed by atoms with van der Waals surface area (Å²) in [6.45, 7) is -0.514. The van der Waals surface area contributed by atoms with Gasteiger partial charge in [0, 0.05) is 0 Å². The molecule has 0 spiro atoms. The Morgan fingerprint density at radius 1 is 1.42 bits per heavy atom. The molecule has 70 valence electrons. The molecular weight excluding hydrogens is 168 g/mol. The van der Waals surface area contributed by atoms with E-state index in [1.165, 1.54) is 0 Å². The summed E-state index contributed by atoms with van der Waals surface area (Å²) in [5.41, 5.74) is 0. The zero-order chi connectivity index (χ0) is 9.56. The van der Waals surface area contributed by atoms with Crippen LogP contribution in [0.5, 0.6) is 0 Å². The molecule has 0 heterocycles. The fourth-order valence-electron chi connectivity index (χ4n) is 0.464. The molecule has 0 bridgehead atoms. The summed E-state index contributed by atoms with van der Waals surface area (Å²) in [7, 11) is 0. The third-order valence-corrected chi connectivity index (χ3v) is 0.999. The average molecular weight is 178 g/mol. The van der Waals surface area contributed by atoms with Gasteiger partial charge in [-0.1, -0.05) is 0 Å². The van der Waals surface area contributed by atoms with Crippen molar-refractivity contribution in [1.29, 1.82) is 0 Å². The number of rotatable bonds is 5. The fraction of sp³-hybridized carbons (Fsp3) is 0.667. The maximum Gasteiger partial charge on any atom is 0.333 e. The van der Waals surface area contributed by atoms with Crippen LogP contribution in [0.25, 0.3) is 0 Å². The Hall–Kier alpha value is -1.14. The van der Waals surface area contributed by atoms with E-state index in [4.69, 9.17) is 15.3 Å². The lowest BCUT2D eigenvalue weighted by atomic mass is 10.2. The summed E-state index contributed by atoms with van der Waals surface area (Å²) in [5, 5.41) is 25.0. The lowest BCUT2D eigenvalue weighted by molar-refractivity contribution is -0.156. The third-order valence-electron chi connectivity index (χ3n) is 0.999. The number of carboxylic acids is 1. The van der Waals surface area contributed by atoms with Gasteiger partial charge in [-0.3, -0.25) is 4.79 Å². The summed E-state index contributed by atoms with van der Waals surface area (Å²) in [6, 6.07) is 0. The smallest absolute Gasteiger partial charge is 0.333 e. The highest BCUT2D eigenvalue weighted by molar-refractivity contribution is 5.80. The molecular formula is C6H10O6. The number of carbonyl (C=O) groups excluding carboxylic acids is 1. The van der Waals surface area contributed by atoms with Crippen LogP contribution in [0.3, 0.4) is 0 Å². The maximum atomic E-state index is 10.6. The minimum atomic E-state index is -1.74. The molecule has 1 atom stereocenters. The molecule has 6 nitrogen and oxygen atoms in total. The van der Waals surface area contributed by atoms with Crippen LogP contribution in [0.1, 0.15) is 6.42 Å². The van der Waals surface area contributed by atoms with Crippen molar-refractivity contribution in [3.63, 3.8) is 0 Å². The highest BCUT2D eigenvalue weighted by Gasteiger charge is 2.18. The van der Waals surface area contributed by atoms with E-state index < -0.39 is 24.5 Å². The first-order valence-corrected chi connectivity index (χ1v) is 3.25. The lowest BCUT2D eigenvalue weighted by Gasteiger charge is -2.04. The number of carbonyl (C=O) groups is 2. The van der Waals surface area contributed by atoms with Gasteiger partial charge in [-0.05, 0) is 0 Å². The topological polar surface area (TPSA) is 104 Å². The number of hydrogen-bond donors (Lipinski definition) is 3. The number of aliphatic carboxylic acids is 1. The Morgan fingerprint density at radius 2 is 2.00 bits per heavy atom. The van der Waals surface area contributed by atoms with Crippen LogP contribution in [0.2, 0.25) is 0 Å². The van der Waals surface area contributed by atoms with Gasteiger partial charge < -0.3 is 20.1 Å². The van der Waals surface area contributed by atoms with Crippen LogP contribution < -0.4 is 0 Å². The fourth-order valence-corrected chi connectivity index (χ4v) is 0.464. The second-order valence-electron chi connectivity index (χ2n) is 2.00. The van der Waals surface area contributed by atoms with Crippen molar-refractivity contribution in [1.82, 2.24) is 0 Å². The summed E-state index contributed by atoms with van der Waals surface area (Å²) in [6.07, 6.45) is -2.34. The van der Waals surface area contributed by atoms with E-state index in [9.17, 15) is 9.59 Å². The zero-order valence-corrected chi connectivity index (χ0v) is 6.27. The summed E-state index contributed by atoms with van der Waals surface area (Å²) >= 11 is 0. The SMILES string of the molecule is O=C(CC(O)C(=O)O)OCCO. The number of carboxylic acid groups (broad SMARTS) is 1. The maximum absolute atomic E-state index is 10.6. The van der Waals surface area contributed by atoms with Crippen LogP contribution in [-0.2, 0) is 14.3 Å². The van der Waals surface area contributed by atoms with Crippen LogP contribution >= 0.6 is 0 Å². The number of ether oxygens (including phenoxy) is 1. The number of esters is 1.